The van der Waals surface area contributed by atoms with Gasteiger partial charge in [-0.25, -0.2) is 0 Å². The van der Waals surface area contributed by atoms with Crippen molar-refractivity contribution in [3.63, 3.8) is 0 Å². The highest BCUT2D eigenvalue weighted by molar-refractivity contribution is 5.84. The van der Waals surface area contributed by atoms with Gasteiger partial charge in [0.15, 0.2) is 0 Å². The van der Waals surface area contributed by atoms with Gasteiger partial charge in [0, 0.05) is 29.1 Å². The molecule has 2 atom stereocenters. The Bertz CT molecular complexity index is 510. The van der Waals surface area contributed by atoms with Gasteiger partial charge in [-0.15, -0.1) is 0 Å². The van der Waals surface area contributed by atoms with Crippen LogP contribution in [-0.4, -0.2) is 11.0 Å². The number of fused-ring (bicyclic) bond motifs is 1. The van der Waals surface area contributed by atoms with Gasteiger partial charge in [0.05, 0.1) is 0 Å². The molecule has 0 saturated heterocycles. The summed E-state index contributed by atoms with van der Waals surface area (Å²) in [6, 6.07) is 8.87. The van der Waals surface area contributed by atoms with E-state index in [1.165, 1.54) is 16.5 Å². The van der Waals surface area contributed by atoms with Crippen molar-refractivity contribution in [1.29, 1.82) is 0 Å². The van der Waals surface area contributed by atoms with E-state index in [2.05, 4.69) is 43.1 Å². The molecule has 3 N–H and O–H groups in total. The van der Waals surface area contributed by atoms with Gasteiger partial charge in [0.1, 0.15) is 0 Å². The Balaban J connectivity index is 2.17. The number of nitrogens with two attached hydrogens (primary N) is 1. The standard InChI is InChI=1S/C13H16N2/c1-13(2)11(12(13)14)9-4-3-5-10-8(9)6-7-15-10/h3-7,11-12,15H,14H2,1-2H3. The molecular formula is C13H16N2. The number of aromatic amines is 1. The lowest BCUT2D eigenvalue weighted by molar-refractivity contribution is 0.600. The molecule has 0 amide bonds. The third kappa shape index (κ3) is 1.08. The maximum absolute atomic E-state index is 6.13. The van der Waals surface area contributed by atoms with Crippen LogP contribution in [-0.2, 0) is 0 Å². The van der Waals surface area contributed by atoms with Gasteiger partial charge in [-0.1, -0.05) is 26.0 Å². The summed E-state index contributed by atoms with van der Waals surface area (Å²) in [5.74, 6) is 0.511. The first-order valence-corrected chi connectivity index (χ1v) is 5.44. The van der Waals surface area contributed by atoms with Crippen molar-refractivity contribution in [3.05, 3.63) is 36.0 Å². The maximum Gasteiger partial charge on any atom is 0.0456 e. The summed E-state index contributed by atoms with van der Waals surface area (Å²) < 4.78 is 0. The molecule has 0 radical (unpaired) electrons. The molecule has 15 heavy (non-hydrogen) atoms. The van der Waals surface area contributed by atoms with Crippen LogP contribution in [0.1, 0.15) is 25.3 Å². The molecule has 1 heterocycles. The van der Waals surface area contributed by atoms with Crippen molar-refractivity contribution in [2.45, 2.75) is 25.8 Å². The topological polar surface area (TPSA) is 41.8 Å². The average Bonchev–Trinajstić information content (AvgIpc) is 2.63. The number of nitrogens with one attached hydrogen (secondary N) is 1. The number of H-pyrrole nitrogens is 1. The van der Waals surface area contributed by atoms with Crippen molar-refractivity contribution in [2.75, 3.05) is 0 Å². The number of benzene rings is 1. The van der Waals surface area contributed by atoms with Crippen LogP contribution in [0.3, 0.4) is 0 Å². The van der Waals surface area contributed by atoms with E-state index in [4.69, 9.17) is 5.73 Å². The molecule has 3 rings (SSSR count). The monoisotopic (exact) mass is 200 g/mol. The lowest BCUT2D eigenvalue weighted by Gasteiger charge is -2.04. The van der Waals surface area contributed by atoms with E-state index >= 15 is 0 Å². The zero-order valence-corrected chi connectivity index (χ0v) is 9.12. The van der Waals surface area contributed by atoms with Crippen LogP contribution in [0, 0.1) is 5.41 Å². The Morgan fingerprint density at radius 1 is 1.27 bits per heavy atom. The Labute approximate surface area is 89.5 Å². The summed E-state index contributed by atoms with van der Waals surface area (Å²) in [6.07, 6.45) is 2.00. The Hall–Kier alpha value is -1.28. The third-order valence-corrected chi connectivity index (χ3v) is 3.87. The lowest BCUT2D eigenvalue weighted by atomic mass is 10.00. The summed E-state index contributed by atoms with van der Waals surface area (Å²) in [5.41, 5.74) is 8.99. The van der Waals surface area contributed by atoms with Crippen molar-refractivity contribution in [3.8, 4) is 0 Å². The summed E-state index contributed by atoms with van der Waals surface area (Å²) in [4.78, 5) is 3.24. The van der Waals surface area contributed by atoms with E-state index in [1.807, 2.05) is 6.20 Å². The molecule has 0 bridgehead atoms. The van der Waals surface area contributed by atoms with Crippen LogP contribution in [0.5, 0.6) is 0 Å². The van der Waals surface area contributed by atoms with Crippen molar-refractivity contribution < 1.29 is 0 Å². The predicted octanol–water partition coefficient (Wildman–Crippen LogP) is 2.62. The van der Waals surface area contributed by atoms with Crippen LogP contribution in [0.25, 0.3) is 10.9 Å². The fourth-order valence-electron chi connectivity index (χ4n) is 2.65. The minimum atomic E-state index is 0.256. The maximum atomic E-state index is 6.13. The third-order valence-electron chi connectivity index (χ3n) is 3.87. The van der Waals surface area contributed by atoms with Gasteiger partial charge in [-0.3, -0.25) is 0 Å². The first-order chi connectivity index (χ1) is 7.12. The first-order valence-electron chi connectivity index (χ1n) is 5.44. The Kier molecular flexibility index (Phi) is 1.58. The van der Waals surface area contributed by atoms with Crippen LogP contribution in [0.15, 0.2) is 30.5 Å². The summed E-state index contributed by atoms with van der Waals surface area (Å²) in [5, 5.41) is 1.32. The summed E-state index contributed by atoms with van der Waals surface area (Å²) in [6.45, 7) is 4.49. The second-order valence-electron chi connectivity index (χ2n) is 5.11. The van der Waals surface area contributed by atoms with Crippen molar-refractivity contribution in [2.24, 2.45) is 11.1 Å². The molecule has 1 aliphatic rings. The minimum absolute atomic E-state index is 0.256. The largest absolute Gasteiger partial charge is 0.361 e. The van der Waals surface area contributed by atoms with E-state index in [1.54, 1.807) is 0 Å². The van der Waals surface area contributed by atoms with Gasteiger partial charge >= 0.3 is 0 Å². The number of rotatable bonds is 1. The molecule has 1 aliphatic carbocycles. The van der Waals surface area contributed by atoms with Crippen LogP contribution in [0.4, 0.5) is 0 Å². The molecule has 0 aliphatic heterocycles. The van der Waals surface area contributed by atoms with Crippen molar-refractivity contribution in [1.82, 2.24) is 4.98 Å². The SMILES string of the molecule is CC1(C)C(N)C1c1cccc2[nH]ccc12. The van der Waals surface area contributed by atoms with Crippen LogP contribution >= 0.6 is 0 Å². The Morgan fingerprint density at radius 3 is 2.67 bits per heavy atom. The van der Waals surface area contributed by atoms with Gasteiger partial charge in [0.25, 0.3) is 0 Å². The van der Waals surface area contributed by atoms with E-state index < -0.39 is 0 Å². The van der Waals surface area contributed by atoms with Gasteiger partial charge in [-0.2, -0.15) is 0 Å². The predicted molar refractivity (Wildman–Crippen MR) is 62.8 cm³/mol. The average molecular weight is 200 g/mol. The molecule has 2 heteroatoms. The normalized spacial score (nSPS) is 28.2. The smallest absolute Gasteiger partial charge is 0.0456 e. The van der Waals surface area contributed by atoms with Crippen molar-refractivity contribution >= 4 is 10.9 Å². The molecule has 1 aromatic carbocycles. The Morgan fingerprint density at radius 2 is 2.00 bits per heavy atom. The highest BCUT2D eigenvalue weighted by Gasteiger charge is 2.56. The molecule has 78 valence electrons. The second-order valence-corrected chi connectivity index (χ2v) is 5.11. The highest BCUT2D eigenvalue weighted by Crippen LogP contribution is 2.58. The molecule has 2 unspecified atom stereocenters. The van der Waals surface area contributed by atoms with Gasteiger partial charge in [-0.05, 0) is 23.1 Å². The fraction of sp³-hybridized carbons (Fsp3) is 0.385. The molecule has 2 aromatic rings. The fourth-order valence-corrected chi connectivity index (χ4v) is 2.65. The second kappa shape index (κ2) is 2.64. The number of hydrogen-bond donors (Lipinski definition) is 2. The molecule has 1 aromatic heterocycles. The highest BCUT2D eigenvalue weighted by atomic mass is 14.8. The molecule has 1 fully saturated rings. The van der Waals surface area contributed by atoms with Gasteiger partial charge < -0.3 is 10.7 Å². The molecule has 0 spiro atoms. The number of aromatic nitrogens is 1. The zero-order chi connectivity index (χ0) is 10.6. The first kappa shape index (κ1) is 8.98. The van der Waals surface area contributed by atoms with E-state index in [0.29, 0.717) is 12.0 Å². The minimum Gasteiger partial charge on any atom is -0.361 e. The quantitative estimate of drug-likeness (QED) is 0.730. The van der Waals surface area contributed by atoms with Crippen LogP contribution < -0.4 is 5.73 Å². The lowest BCUT2D eigenvalue weighted by Crippen LogP contribution is -2.06. The van der Waals surface area contributed by atoms with E-state index in [9.17, 15) is 0 Å². The molecule has 2 nitrogen and oxygen atoms in total. The van der Waals surface area contributed by atoms with Gasteiger partial charge in [0.2, 0.25) is 0 Å². The van der Waals surface area contributed by atoms with E-state index in [-0.39, 0.29) is 5.41 Å². The summed E-state index contributed by atoms with van der Waals surface area (Å²) >= 11 is 0. The zero-order valence-electron chi connectivity index (χ0n) is 9.12. The molecular weight excluding hydrogens is 184 g/mol. The van der Waals surface area contributed by atoms with E-state index in [0.717, 1.165) is 0 Å². The summed E-state index contributed by atoms with van der Waals surface area (Å²) in [7, 11) is 0. The van der Waals surface area contributed by atoms with Crippen LogP contribution in [0.2, 0.25) is 0 Å². The number of hydrogen-bond acceptors (Lipinski definition) is 1. The molecule has 1 saturated carbocycles.